The van der Waals surface area contributed by atoms with Crippen LogP contribution in [0, 0.1) is 0 Å². The molecule has 0 aromatic heterocycles. The van der Waals surface area contributed by atoms with E-state index in [1.807, 2.05) is 7.05 Å². The van der Waals surface area contributed by atoms with E-state index in [1.165, 1.54) is 0 Å². The third kappa shape index (κ3) is 5.56. The highest BCUT2D eigenvalue weighted by Gasteiger charge is 2.24. The van der Waals surface area contributed by atoms with Gasteiger partial charge >= 0.3 is 12.0 Å². The van der Waals surface area contributed by atoms with Crippen molar-refractivity contribution in [3.05, 3.63) is 0 Å². The summed E-state index contributed by atoms with van der Waals surface area (Å²) in [5.41, 5.74) is 5.00. The fourth-order valence-corrected chi connectivity index (χ4v) is 2.10. The molecule has 1 atom stereocenters. The van der Waals surface area contributed by atoms with Crippen molar-refractivity contribution in [1.29, 1.82) is 0 Å². The molecule has 0 spiro atoms. The lowest BCUT2D eigenvalue weighted by Crippen LogP contribution is -2.53. The molecule has 0 saturated carbocycles. The zero-order chi connectivity index (χ0) is 14.4. The van der Waals surface area contributed by atoms with Crippen LogP contribution < -0.4 is 11.1 Å². The molecule has 1 heterocycles. The summed E-state index contributed by atoms with van der Waals surface area (Å²) < 4.78 is 0. The molecule has 1 saturated heterocycles. The lowest BCUT2D eigenvalue weighted by atomic mass is 10.1. The molecule has 0 aromatic carbocycles. The molecule has 8 nitrogen and oxygen atoms in total. The van der Waals surface area contributed by atoms with Gasteiger partial charge in [-0.05, 0) is 26.4 Å². The van der Waals surface area contributed by atoms with Crippen molar-refractivity contribution in [2.45, 2.75) is 18.9 Å². The average molecular weight is 272 g/mol. The lowest BCUT2D eigenvalue weighted by Gasteiger charge is -2.31. The predicted molar refractivity (Wildman–Crippen MR) is 67.5 cm³/mol. The van der Waals surface area contributed by atoms with Gasteiger partial charge in [-0.25, -0.2) is 4.79 Å². The van der Waals surface area contributed by atoms with Crippen LogP contribution in [-0.4, -0.2) is 72.1 Å². The summed E-state index contributed by atoms with van der Waals surface area (Å²) in [7, 11) is 1.96. The molecule has 3 amide bonds. The highest BCUT2D eigenvalue weighted by atomic mass is 16.4. The van der Waals surface area contributed by atoms with E-state index in [9.17, 15) is 14.4 Å². The topological polar surface area (TPSA) is 116 Å². The number of hydrogen-bond donors (Lipinski definition) is 3. The second kappa shape index (κ2) is 6.93. The monoisotopic (exact) mass is 272 g/mol. The fourth-order valence-electron chi connectivity index (χ4n) is 2.10. The first-order chi connectivity index (χ1) is 8.88. The first kappa shape index (κ1) is 15.2. The molecule has 0 aromatic rings. The second-order valence-electron chi connectivity index (χ2n) is 4.77. The molecule has 108 valence electrons. The predicted octanol–water partition coefficient (Wildman–Crippen LogP) is -1.34. The van der Waals surface area contributed by atoms with E-state index >= 15 is 0 Å². The number of likely N-dealkylation sites (tertiary alicyclic amines) is 1. The maximum atomic E-state index is 11.9. The minimum atomic E-state index is -1.18. The van der Waals surface area contributed by atoms with E-state index in [0.29, 0.717) is 6.54 Å². The Labute approximate surface area is 111 Å². The number of amides is 3. The van der Waals surface area contributed by atoms with E-state index in [1.54, 1.807) is 0 Å². The van der Waals surface area contributed by atoms with E-state index in [0.717, 1.165) is 24.3 Å². The normalized spacial score (nSPS) is 19.7. The summed E-state index contributed by atoms with van der Waals surface area (Å²) in [6, 6.07) is -0.600. The maximum absolute atomic E-state index is 11.9. The molecule has 0 radical (unpaired) electrons. The summed E-state index contributed by atoms with van der Waals surface area (Å²) >= 11 is 0. The zero-order valence-corrected chi connectivity index (χ0v) is 11.0. The first-order valence-electron chi connectivity index (χ1n) is 6.12. The highest BCUT2D eigenvalue weighted by molar-refractivity contribution is 5.86. The number of aliphatic carboxylic acids is 1. The van der Waals surface area contributed by atoms with Crippen molar-refractivity contribution in [3.8, 4) is 0 Å². The molecule has 1 fully saturated rings. The quantitative estimate of drug-likeness (QED) is 0.573. The van der Waals surface area contributed by atoms with Gasteiger partial charge < -0.3 is 26.0 Å². The number of carboxylic acid groups (broad SMARTS) is 1. The number of primary amides is 1. The molecule has 4 N–H and O–H groups in total. The smallest absolute Gasteiger partial charge is 0.323 e. The van der Waals surface area contributed by atoms with Crippen molar-refractivity contribution >= 4 is 17.9 Å². The number of carbonyl (C=O) groups excluding carboxylic acids is 2. The van der Waals surface area contributed by atoms with Crippen molar-refractivity contribution in [2.75, 3.05) is 33.2 Å². The number of piperidine rings is 1. The third-order valence-corrected chi connectivity index (χ3v) is 2.91. The van der Waals surface area contributed by atoms with Crippen LogP contribution in [0.15, 0.2) is 0 Å². The number of nitrogens with two attached hydrogens (primary N) is 1. The zero-order valence-electron chi connectivity index (χ0n) is 11.0. The molecule has 1 aliphatic rings. The number of likely N-dealkylation sites (N-methyl/N-ethyl adjacent to an activating group) is 1. The average Bonchev–Trinajstić information content (AvgIpc) is 2.26. The molecule has 1 rings (SSSR count). The number of nitrogens with zero attached hydrogens (tertiary/aromatic N) is 2. The maximum Gasteiger partial charge on any atom is 0.323 e. The molecular weight excluding hydrogens is 252 g/mol. The minimum absolute atomic E-state index is 0.0320. The molecule has 1 unspecified atom stereocenters. The van der Waals surface area contributed by atoms with Crippen LogP contribution in [0.1, 0.15) is 12.8 Å². The van der Waals surface area contributed by atoms with Gasteiger partial charge in [0.2, 0.25) is 5.91 Å². The van der Waals surface area contributed by atoms with Crippen LogP contribution in [-0.2, 0) is 9.59 Å². The number of carboxylic acids is 1. The Balaban J connectivity index is 2.55. The second-order valence-corrected chi connectivity index (χ2v) is 4.77. The number of urea groups is 1. The Kier molecular flexibility index (Phi) is 5.56. The first-order valence-corrected chi connectivity index (χ1v) is 6.12. The van der Waals surface area contributed by atoms with Crippen molar-refractivity contribution in [1.82, 2.24) is 15.1 Å². The molecule has 8 heteroatoms. The molecular formula is C11H20N4O4. The Morgan fingerprint density at radius 1 is 1.42 bits per heavy atom. The molecule has 0 aliphatic carbocycles. The largest absolute Gasteiger partial charge is 0.480 e. The Bertz CT molecular complexity index is 345. The van der Waals surface area contributed by atoms with Gasteiger partial charge in [0.1, 0.15) is 13.1 Å². The summed E-state index contributed by atoms with van der Waals surface area (Å²) in [4.78, 5) is 36.4. The fraction of sp³-hybridized carbons (Fsp3) is 0.727. The summed E-state index contributed by atoms with van der Waals surface area (Å²) in [6.45, 7) is 0.744. The third-order valence-electron chi connectivity index (χ3n) is 2.91. The van der Waals surface area contributed by atoms with Gasteiger partial charge in [0.05, 0.1) is 0 Å². The van der Waals surface area contributed by atoms with Crippen molar-refractivity contribution in [2.24, 2.45) is 5.73 Å². The Morgan fingerprint density at radius 3 is 2.63 bits per heavy atom. The molecule has 1 aliphatic heterocycles. The van der Waals surface area contributed by atoms with E-state index in [4.69, 9.17) is 10.8 Å². The van der Waals surface area contributed by atoms with Gasteiger partial charge in [-0.3, -0.25) is 9.59 Å². The summed E-state index contributed by atoms with van der Waals surface area (Å²) in [5.74, 6) is -1.92. The Morgan fingerprint density at radius 2 is 2.11 bits per heavy atom. The number of carbonyl (C=O) groups is 3. The van der Waals surface area contributed by atoms with Crippen molar-refractivity contribution < 1.29 is 19.5 Å². The van der Waals surface area contributed by atoms with Crippen LogP contribution in [0.2, 0.25) is 0 Å². The van der Waals surface area contributed by atoms with E-state index < -0.39 is 31.0 Å². The van der Waals surface area contributed by atoms with Crippen LogP contribution in [0.4, 0.5) is 4.79 Å². The minimum Gasteiger partial charge on any atom is -0.480 e. The van der Waals surface area contributed by atoms with Crippen LogP contribution in [0.5, 0.6) is 0 Å². The summed E-state index contributed by atoms with van der Waals surface area (Å²) in [5, 5.41) is 11.4. The van der Waals surface area contributed by atoms with Gasteiger partial charge in [0.25, 0.3) is 0 Å². The SMILES string of the molecule is CN1CCCC(NC(=O)N(CC(N)=O)CC(=O)O)C1. The number of nitrogens with one attached hydrogen (secondary N) is 1. The van der Waals surface area contributed by atoms with Crippen LogP contribution in [0.3, 0.4) is 0 Å². The van der Waals surface area contributed by atoms with Crippen molar-refractivity contribution in [3.63, 3.8) is 0 Å². The van der Waals surface area contributed by atoms with Gasteiger partial charge in [-0.2, -0.15) is 0 Å². The number of rotatable bonds is 5. The van der Waals surface area contributed by atoms with Gasteiger partial charge in [0, 0.05) is 12.6 Å². The standard InChI is InChI=1S/C11H20N4O4/c1-14-4-2-3-8(5-14)13-11(19)15(6-9(12)16)7-10(17)18/h8H,2-7H2,1H3,(H2,12,16)(H,13,19)(H,17,18). The van der Waals surface area contributed by atoms with Gasteiger partial charge in [0.15, 0.2) is 0 Å². The van der Waals surface area contributed by atoms with Gasteiger partial charge in [-0.15, -0.1) is 0 Å². The van der Waals surface area contributed by atoms with E-state index in [2.05, 4.69) is 10.2 Å². The van der Waals surface area contributed by atoms with Crippen LogP contribution in [0.25, 0.3) is 0 Å². The van der Waals surface area contributed by atoms with Gasteiger partial charge in [-0.1, -0.05) is 0 Å². The lowest BCUT2D eigenvalue weighted by molar-refractivity contribution is -0.137. The van der Waals surface area contributed by atoms with Crippen LogP contribution >= 0.6 is 0 Å². The number of hydrogen-bond acceptors (Lipinski definition) is 4. The molecule has 19 heavy (non-hydrogen) atoms. The van der Waals surface area contributed by atoms with E-state index in [-0.39, 0.29) is 6.04 Å². The molecule has 0 bridgehead atoms. The summed E-state index contributed by atoms with van der Waals surface area (Å²) in [6.07, 6.45) is 1.81. The highest BCUT2D eigenvalue weighted by Crippen LogP contribution is 2.08. The Hall–Kier alpha value is -1.83.